The summed E-state index contributed by atoms with van der Waals surface area (Å²) in [6.45, 7) is 2.62. The molecule has 0 atom stereocenters. The van der Waals surface area contributed by atoms with Crippen molar-refractivity contribution in [1.82, 2.24) is 9.38 Å². The molecule has 2 rings (SSSR count). The fourth-order valence-electron chi connectivity index (χ4n) is 1.55. The number of nitrogens with two attached hydrogens (primary N) is 1. The summed E-state index contributed by atoms with van der Waals surface area (Å²) in [4.78, 5) is 4.50. The monoisotopic (exact) mass is 253 g/mol. The molecule has 0 radical (unpaired) electrons. The number of aryl methyl sites for hydroxylation is 1. The predicted molar refractivity (Wildman–Crippen MR) is 60.2 cm³/mol. The number of hydrogen-bond acceptors (Lipinski definition) is 2. The van der Waals surface area contributed by atoms with Crippen molar-refractivity contribution < 1.29 is 0 Å². The summed E-state index contributed by atoms with van der Waals surface area (Å²) in [6.07, 6.45) is 0.923. The first-order valence-electron chi connectivity index (χ1n) is 4.62. The van der Waals surface area contributed by atoms with Gasteiger partial charge in [-0.05, 0) is 34.5 Å². The fourth-order valence-corrected chi connectivity index (χ4v) is 2.33. The van der Waals surface area contributed by atoms with E-state index in [1.54, 1.807) is 0 Å². The first-order valence-corrected chi connectivity index (χ1v) is 5.42. The van der Waals surface area contributed by atoms with Gasteiger partial charge in [-0.15, -0.1) is 0 Å². The second-order valence-corrected chi connectivity index (χ2v) is 3.87. The lowest BCUT2D eigenvalue weighted by molar-refractivity contribution is 0.929. The quantitative estimate of drug-likeness (QED) is 0.891. The Morgan fingerprint density at radius 2 is 2.29 bits per heavy atom. The van der Waals surface area contributed by atoms with Crippen LogP contribution in [0.2, 0.25) is 0 Å². The third kappa shape index (κ3) is 1.35. The van der Waals surface area contributed by atoms with Gasteiger partial charge in [0.1, 0.15) is 10.3 Å². The van der Waals surface area contributed by atoms with Crippen LogP contribution >= 0.6 is 15.9 Å². The molecule has 3 nitrogen and oxygen atoms in total. The molecule has 4 heteroatoms. The molecule has 14 heavy (non-hydrogen) atoms. The highest BCUT2D eigenvalue weighted by molar-refractivity contribution is 9.10. The van der Waals surface area contributed by atoms with Gasteiger partial charge in [0.05, 0.1) is 5.69 Å². The smallest absolute Gasteiger partial charge is 0.138 e. The van der Waals surface area contributed by atoms with E-state index in [2.05, 4.69) is 32.2 Å². The molecular formula is C10H12BrN3. The Kier molecular flexibility index (Phi) is 2.56. The maximum atomic E-state index is 5.67. The van der Waals surface area contributed by atoms with Gasteiger partial charge in [0, 0.05) is 12.2 Å². The van der Waals surface area contributed by atoms with E-state index in [0.29, 0.717) is 6.54 Å². The average molecular weight is 254 g/mol. The molecule has 0 aliphatic carbocycles. The molecule has 0 spiro atoms. The summed E-state index contributed by atoms with van der Waals surface area (Å²) >= 11 is 3.55. The van der Waals surface area contributed by atoms with E-state index in [9.17, 15) is 0 Å². The second-order valence-electron chi connectivity index (χ2n) is 3.12. The van der Waals surface area contributed by atoms with Crippen LogP contribution < -0.4 is 5.73 Å². The molecule has 2 aromatic heterocycles. The molecule has 2 N–H and O–H groups in total. The zero-order valence-electron chi connectivity index (χ0n) is 8.00. The van der Waals surface area contributed by atoms with E-state index >= 15 is 0 Å². The standard InChI is InChI=1S/C10H12BrN3/c1-2-8-10(11)14-7(6-12)4-3-5-9(14)13-8/h3-5H,2,6,12H2,1H3. The fraction of sp³-hybridized carbons (Fsp3) is 0.300. The van der Waals surface area contributed by atoms with Crippen LogP contribution in [-0.2, 0) is 13.0 Å². The van der Waals surface area contributed by atoms with Crippen molar-refractivity contribution in [3.8, 4) is 0 Å². The van der Waals surface area contributed by atoms with Crippen molar-refractivity contribution in [3.05, 3.63) is 34.2 Å². The lowest BCUT2D eigenvalue weighted by Crippen LogP contribution is -2.03. The van der Waals surface area contributed by atoms with Crippen LogP contribution in [0.5, 0.6) is 0 Å². The molecule has 2 aromatic rings. The van der Waals surface area contributed by atoms with Gasteiger partial charge in [-0.3, -0.25) is 4.40 Å². The Hall–Kier alpha value is -0.870. The van der Waals surface area contributed by atoms with Crippen LogP contribution in [0.25, 0.3) is 5.65 Å². The number of hydrogen-bond donors (Lipinski definition) is 1. The maximum Gasteiger partial charge on any atom is 0.138 e. The molecule has 0 amide bonds. The SMILES string of the molecule is CCc1nc2cccc(CN)n2c1Br. The van der Waals surface area contributed by atoms with Gasteiger partial charge in [-0.2, -0.15) is 0 Å². The van der Waals surface area contributed by atoms with Crippen molar-refractivity contribution >= 4 is 21.6 Å². The van der Waals surface area contributed by atoms with Crippen LogP contribution in [0.4, 0.5) is 0 Å². The van der Waals surface area contributed by atoms with Gasteiger partial charge in [0.25, 0.3) is 0 Å². The summed E-state index contributed by atoms with van der Waals surface area (Å²) in [5, 5.41) is 0. The van der Waals surface area contributed by atoms with Crippen molar-refractivity contribution in [1.29, 1.82) is 0 Å². The number of aromatic nitrogens is 2. The summed E-state index contributed by atoms with van der Waals surface area (Å²) in [5.74, 6) is 0. The molecule has 2 heterocycles. The van der Waals surface area contributed by atoms with Gasteiger partial charge in [-0.1, -0.05) is 13.0 Å². The number of halogens is 1. The van der Waals surface area contributed by atoms with E-state index in [1.807, 2.05) is 18.2 Å². The Morgan fingerprint density at radius 1 is 1.50 bits per heavy atom. The molecule has 0 fully saturated rings. The third-order valence-electron chi connectivity index (χ3n) is 2.28. The van der Waals surface area contributed by atoms with E-state index in [1.165, 1.54) is 0 Å². The van der Waals surface area contributed by atoms with Crippen LogP contribution in [0.3, 0.4) is 0 Å². The molecule has 74 valence electrons. The van der Waals surface area contributed by atoms with Crippen LogP contribution in [0.1, 0.15) is 18.3 Å². The van der Waals surface area contributed by atoms with Crippen molar-refractivity contribution in [2.75, 3.05) is 0 Å². The summed E-state index contributed by atoms with van der Waals surface area (Å²) in [5.41, 5.74) is 8.77. The highest BCUT2D eigenvalue weighted by Crippen LogP contribution is 2.21. The van der Waals surface area contributed by atoms with Gasteiger partial charge in [-0.25, -0.2) is 4.98 Å². The molecule has 0 aliphatic rings. The number of pyridine rings is 1. The number of rotatable bonds is 2. The van der Waals surface area contributed by atoms with E-state index < -0.39 is 0 Å². The Bertz CT molecular complexity index is 462. The van der Waals surface area contributed by atoms with Crippen LogP contribution in [-0.4, -0.2) is 9.38 Å². The zero-order valence-corrected chi connectivity index (χ0v) is 9.58. The molecule has 0 aliphatic heterocycles. The topological polar surface area (TPSA) is 43.3 Å². The van der Waals surface area contributed by atoms with Gasteiger partial charge < -0.3 is 5.73 Å². The number of nitrogens with zero attached hydrogens (tertiary/aromatic N) is 2. The Labute approximate surface area is 91.1 Å². The lowest BCUT2D eigenvalue weighted by atomic mass is 10.3. The molecule has 0 aromatic carbocycles. The minimum Gasteiger partial charge on any atom is -0.325 e. The summed E-state index contributed by atoms with van der Waals surface area (Å²) in [7, 11) is 0. The predicted octanol–water partition coefficient (Wildman–Crippen LogP) is 2.12. The summed E-state index contributed by atoms with van der Waals surface area (Å²) in [6, 6.07) is 5.98. The van der Waals surface area contributed by atoms with Crippen LogP contribution in [0.15, 0.2) is 22.8 Å². The van der Waals surface area contributed by atoms with Crippen molar-refractivity contribution in [2.45, 2.75) is 19.9 Å². The van der Waals surface area contributed by atoms with Gasteiger partial charge in [0.2, 0.25) is 0 Å². The molecule has 0 bridgehead atoms. The molecular weight excluding hydrogens is 242 g/mol. The van der Waals surface area contributed by atoms with E-state index in [-0.39, 0.29) is 0 Å². The van der Waals surface area contributed by atoms with E-state index in [0.717, 1.165) is 28.1 Å². The first-order chi connectivity index (χ1) is 6.77. The van der Waals surface area contributed by atoms with E-state index in [4.69, 9.17) is 5.73 Å². The Balaban J connectivity index is 2.79. The minimum atomic E-state index is 0.523. The number of imidazole rings is 1. The largest absolute Gasteiger partial charge is 0.325 e. The lowest BCUT2D eigenvalue weighted by Gasteiger charge is -2.02. The minimum absolute atomic E-state index is 0.523. The Morgan fingerprint density at radius 3 is 2.93 bits per heavy atom. The molecule has 0 saturated carbocycles. The first kappa shape index (κ1) is 9.68. The second kappa shape index (κ2) is 3.71. The third-order valence-corrected chi connectivity index (χ3v) is 3.09. The molecule has 0 saturated heterocycles. The van der Waals surface area contributed by atoms with Crippen LogP contribution in [0, 0.1) is 0 Å². The zero-order chi connectivity index (χ0) is 10.1. The van der Waals surface area contributed by atoms with Crippen molar-refractivity contribution in [2.24, 2.45) is 5.73 Å². The summed E-state index contributed by atoms with van der Waals surface area (Å²) < 4.78 is 3.08. The number of fused-ring (bicyclic) bond motifs is 1. The maximum absolute atomic E-state index is 5.67. The van der Waals surface area contributed by atoms with Gasteiger partial charge >= 0.3 is 0 Å². The van der Waals surface area contributed by atoms with Crippen molar-refractivity contribution in [3.63, 3.8) is 0 Å². The highest BCUT2D eigenvalue weighted by atomic mass is 79.9. The highest BCUT2D eigenvalue weighted by Gasteiger charge is 2.09. The average Bonchev–Trinajstić information content (AvgIpc) is 2.55. The van der Waals surface area contributed by atoms with Gasteiger partial charge in [0.15, 0.2) is 0 Å². The normalized spacial score (nSPS) is 11.1. The molecule has 0 unspecified atom stereocenters.